The average Bonchev–Trinajstić information content (AvgIpc) is 2.40. The van der Waals surface area contributed by atoms with E-state index in [2.05, 4.69) is 16.2 Å². The van der Waals surface area contributed by atoms with Gasteiger partial charge in [-0.15, -0.1) is 0 Å². The minimum absolute atomic E-state index is 0.530. The first-order valence-electron chi connectivity index (χ1n) is 4.03. The summed E-state index contributed by atoms with van der Waals surface area (Å²) in [5, 5.41) is 13.0. The van der Waals surface area contributed by atoms with Crippen molar-refractivity contribution in [1.82, 2.24) is 9.78 Å². The molecular formula is C8H9N5. The largest absolute Gasteiger partial charge is 0.387 e. The molecule has 1 aliphatic heterocycles. The second-order valence-corrected chi connectivity index (χ2v) is 2.97. The molecule has 13 heavy (non-hydrogen) atoms. The van der Waals surface area contributed by atoms with Gasteiger partial charge in [0.1, 0.15) is 17.5 Å². The summed E-state index contributed by atoms with van der Waals surface area (Å²) in [6, 6.07) is 2.08. The van der Waals surface area contributed by atoms with E-state index >= 15 is 0 Å². The maximum absolute atomic E-state index is 8.84. The highest BCUT2D eigenvalue weighted by atomic mass is 15.3. The lowest BCUT2D eigenvalue weighted by atomic mass is 10.2. The van der Waals surface area contributed by atoms with Crippen molar-refractivity contribution >= 4 is 11.7 Å². The number of rotatable bonds is 0. The van der Waals surface area contributed by atoms with Gasteiger partial charge in [-0.1, -0.05) is 0 Å². The first-order valence-corrected chi connectivity index (χ1v) is 4.03. The standard InChI is InChI=1S/C8H9N5/c1-5-6(4-9)8-11-7(10)2-3-13(8)12-5/h2-3H2,1H3,(H2,10,11). The van der Waals surface area contributed by atoms with Crippen LogP contribution in [0.4, 0.5) is 5.82 Å². The van der Waals surface area contributed by atoms with Crippen LogP contribution in [0.2, 0.25) is 0 Å². The second kappa shape index (κ2) is 2.59. The van der Waals surface area contributed by atoms with Crippen molar-refractivity contribution < 1.29 is 0 Å². The normalized spacial score (nSPS) is 14.6. The third-order valence-electron chi connectivity index (χ3n) is 2.04. The average molecular weight is 175 g/mol. The fraction of sp³-hybridized carbons (Fsp3) is 0.375. The molecule has 0 fully saturated rings. The Morgan fingerprint density at radius 3 is 3.08 bits per heavy atom. The van der Waals surface area contributed by atoms with E-state index < -0.39 is 0 Å². The summed E-state index contributed by atoms with van der Waals surface area (Å²) in [4.78, 5) is 4.11. The number of aromatic nitrogens is 2. The summed E-state index contributed by atoms with van der Waals surface area (Å²) < 4.78 is 1.73. The number of nitrogens with two attached hydrogens (primary N) is 1. The van der Waals surface area contributed by atoms with Crippen LogP contribution in [-0.4, -0.2) is 15.6 Å². The molecule has 2 N–H and O–H groups in total. The minimum atomic E-state index is 0.530. The fourth-order valence-electron chi connectivity index (χ4n) is 1.38. The SMILES string of the molecule is Cc1nn2c(c1C#N)N=C(N)CC2. The van der Waals surface area contributed by atoms with Crippen molar-refractivity contribution in [2.45, 2.75) is 19.9 Å². The van der Waals surface area contributed by atoms with Crippen molar-refractivity contribution in [3.05, 3.63) is 11.3 Å². The first kappa shape index (κ1) is 7.80. The van der Waals surface area contributed by atoms with E-state index in [4.69, 9.17) is 11.0 Å². The van der Waals surface area contributed by atoms with Gasteiger partial charge >= 0.3 is 0 Å². The van der Waals surface area contributed by atoms with Gasteiger partial charge < -0.3 is 5.73 Å². The fourth-order valence-corrected chi connectivity index (χ4v) is 1.38. The monoisotopic (exact) mass is 175 g/mol. The topological polar surface area (TPSA) is 80.0 Å². The van der Waals surface area contributed by atoms with E-state index in [-0.39, 0.29) is 0 Å². The Kier molecular flexibility index (Phi) is 1.55. The summed E-state index contributed by atoms with van der Waals surface area (Å²) in [5.74, 6) is 1.17. The zero-order valence-corrected chi connectivity index (χ0v) is 7.28. The Morgan fingerprint density at radius 1 is 1.62 bits per heavy atom. The van der Waals surface area contributed by atoms with Crippen LogP contribution in [0.1, 0.15) is 17.7 Å². The molecule has 0 spiro atoms. The van der Waals surface area contributed by atoms with Gasteiger partial charge in [-0.3, -0.25) is 0 Å². The zero-order valence-electron chi connectivity index (χ0n) is 7.28. The van der Waals surface area contributed by atoms with Crippen LogP contribution in [-0.2, 0) is 6.54 Å². The molecule has 0 unspecified atom stereocenters. The van der Waals surface area contributed by atoms with Gasteiger partial charge in [0.25, 0.3) is 0 Å². The number of hydrogen-bond acceptors (Lipinski definition) is 4. The number of amidine groups is 1. The molecule has 0 bridgehead atoms. The van der Waals surface area contributed by atoms with Crippen LogP contribution in [0.5, 0.6) is 0 Å². The molecular weight excluding hydrogens is 166 g/mol. The molecule has 1 aromatic heterocycles. The highest BCUT2D eigenvalue weighted by Gasteiger charge is 2.17. The van der Waals surface area contributed by atoms with Gasteiger partial charge in [0.2, 0.25) is 0 Å². The van der Waals surface area contributed by atoms with Crippen molar-refractivity contribution in [3.8, 4) is 6.07 Å². The van der Waals surface area contributed by atoms with Crippen molar-refractivity contribution in [2.75, 3.05) is 0 Å². The van der Waals surface area contributed by atoms with E-state index in [1.165, 1.54) is 0 Å². The molecule has 0 saturated carbocycles. The van der Waals surface area contributed by atoms with Crippen LogP contribution < -0.4 is 5.73 Å². The molecule has 0 amide bonds. The molecule has 0 aliphatic carbocycles. The number of aliphatic imine (C=N–C) groups is 1. The Hall–Kier alpha value is -1.83. The summed E-state index contributed by atoms with van der Waals surface area (Å²) >= 11 is 0. The first-order chi connectivity index (χ1) is 6.22. The number of aryl methyl sites for hydroxylation is 2. The lowest BCUT2D eigenvalue weighted by Gasteiger charge is -2.09. The molecule has 0 saturated heterocycles. The predicted octanol–water partition coefficient (Wildman–Crippen LogP) is 0.456. The smallest absolute Gasteiger partial charge is 0.170 e. The summed E-state index contributed by atoms with van der Waals surface area (Å²) in [6.45, 7) is 2.52. The maximum Gasteiger partial charge on any atom is 0.170 e. The van der Waals surface area contributed by atoms with Crippen molar-refractivity contribution in [1.29, 1.82) is 5.26 Å². The minimum Gasteiger partial charge on any atom is -0.387 e. The van der Waals surface area contributed by atoms with Crippen LogP contribution >= 0.6 is 0 Å². The molecule has 0 radical (unpaired) electrons. The lowest BCUT2D eigenvalue weighted by molar-refractivity contribution is 0.618. The number of nitrogens with zero attached hydrogens (tertiary/aromatic N) is 4. The van der Waals surface area contributed by atoms with Gasteiger partial charge in [-0.2, -0.15) is 10.4 Å². The summed E-state index contributed by atoms with van der Waals surface area (Å²) in [5.41, 5.74) is 6.83. The number of nitriles is 1. The van der Waals surface area contributed by atoms with Crippen LogP contribution in [0.3, 0.4) is 0 Å². The van der Waals surface area contributed by atoms with Gasteiger partial charge in [0.05, 0.1) is 12.2 Å². The quantitative estimate of drug-likeness (QED) is 0.621. The van der Waals surface area contributed by atoms with Crippen LogP contribution in [0.15, 0.2) is 4.99 Å². The van der Waals surface area contributed by atoms with Gasteiger partial charge in [-0.05, 0) is 6.92 Å². The number of fused-ring (bicyclic) bond motifs is 1. The molecule has 1 aliphatic rings. The van der Waals surface area contributed by atoms with Gasteiger partial charge in [0, 0.05) is 6.42 Å². The van der Waals surface area contributed by atoms with E-state index in [0.29, 0.717) is 30.2 Å². The second-order valence-electron chi connectivity index (χ2n) is 2.97. The highest BCUT2D eigenvalue weighted by Crippen LogP contribution is 2.24. The van der Waals surface area contributed by atoms with Gasteiger partial charge in [0.15, 0.2) is 5.82 Å². The Labute approximate surface area is 75.5 Å². The Morgan fingerprint density at radius 2 is 2.38 bits per heavy atom. The number of hydrogen-bond donors (Lipinski definition) is 1. The molecule has 1 aromatic rings. The van der Waals surface area contributed by atoms with Crippen molar-refractivity contribution in [2.24, 2.45) is 10.7 Å². The van der Waals surface area contributed by atoms with E-state index in [1.54, 1.807) is 11.6 Å². The predicted molar refractivity (Wildman–Crippen MR) is 47.6 cm³/mol. The third kappa shape index (κ3) is 1.07. The maximum atomic E-state index is 8.84. The van der Waals surface area contributed by atoms with Gasteiger partial charge in [-0.25, -0.2) is 9.67 Å². The zero-order chi connectivity index (χ0) is 9.42. The lowest BCUT2D eigenvalue weighted by Crippen LogP contribution is -2.19. The molecule has 2 heterocycles. The molecule has 66 valence electrons. The van der Waals surface area contributed by atoms with E-state index in [0.717, 1.165) is 5.69 Å². The molecule has 5 heteroatoms. The Bertz CT molecular complexity index is 420. The third-order valence-corrected chi connectivity index (χ3v) is 2.04. The molecule has 0 aromatic carbocycles. The highest BCUT2D eigenvalue weighted by molar-refractivity contribution is 5.84. The molecule has 2 rings (SSSR count). The summed E-state index contributed by atoms with van der Waals surface area (Å²) in [6.07, 6.45) is 0.707. The molecule has 0 atom stereocenters. The van der Waals surface area contributed by atoms with Crippen LogP contribution in [0, 0.1) is 18.3 Å². The van der Waals surface area contributed by atoms with Crippen LogP contribution in [0.25, 0.3) is 0 Å². The van der Waals surface area contributed by atoms with E-state index in [9.17, 15) is 0 Å². The van der Waals surface area contributed by atoms with Crippen molar-refractivity contribution in [3.63, 3.8) is 0 Å². The summed E-state index contributed by atoms with van der Waals surface area (Å²) in [7, 11) is 0. The Balaban J connectivity index is 2.64. The van der Waals surface area contributed by atoms with E-state index in [1.807, 2.05) is 0 Å². The molecule has 5 nitrogen and oxygen atoms in total.